The Labute approximate surface area is 124 Å². The number of amides is 1. The smallest absolute Gasteiger partial charge is 0.248 e. The molecule has 0 radical (unpaired) electrons. The molecule has 2 aromatic carbocycles. The van der Waals surface area contributed by atoms with Crippen molar-refractivity contribution in [3.8, 4) is 0 Å². The first-order valence-electron chi connectivity index (χ1n) is 6.91. The van der Waals surface area contributed by atoms with E-state index in [1.165, 1.54) is 17.2 Å². The van der Waals surface area contributed by atoms with Crippen molar-refractivity contribution in [1.82, 2.24) is 5.32 Å². The predicted molar refractivity (Wildman–Crippen MR) is 81.5 cm³/mol. The van der Waals surface area contributed by atoms with Crippen molar-refractivity contribution in [2.24, 2.45) is 5.73 Å². The van der Waals surface area contributed by atoms with Gasteiger partial charge in [-0.25, -0.2) is 4.39 Å². The highest BCUT2D eigenvalue weighted by Gasteiger charge is 2.06. The van der Waals surface area contributed by atoms with Crippen molar-refractivity contribution in [3.63, 3.8) is 0 Å². The number of halogens is 1. The minimum absolute atomic E-state index is 0.191. The fraction of sp³-hybridized carbons (Fsp3) is 0.235. The van der Waals surface area contributed by atoms with Crippen LogP contribution in [0.25, 0.3) is 0 Å². The molecule has 0 aliphatic carbocycles. The molecule has 0 spiro atoms. The Balaban J connectivity index is 1.85. The van der Waals surface area contributed by atoms with Gasteiger partial charge in [0.2, 0.25) is 5.91 Å². The second-order valence-corrected chi connectivity index (χ2v) is 5.09. The van der Waals surface area contributed by atoms with Gasteiger partial charge in [-0.3, -0.25) is 4.79 Å². The molecule has 2 rings (SSSR count). The third-order valence-electron chi connectivity index (χ3n) is 3.33. The molecule has 110 valence electrons. The van der Waals surface area contributed by atoms with Crippen LogP contribution in [0, 0.1) is 12.7 Å². The molecular formula is C17H19FN2O. The highest BCUT2D eigenvalue weighted by atomic mass is 19.1. The van der Waals surface area contributed by atoms with Gasteiger partial charge < -0.3 is 11.1 Å². The van der Waals surface area contributed by atoms with E-state index in [9.17, 15) is 9.18 Å². The summed E-state index contributed by atoms with van der Waals surface area (Å²) < 4.78 is 13.8. The number of primary amides is 1. The summed E-state index contributed by atoms with van der Waals surface area (Å²) in [6.45, 7) is 3.25. The van der Waals surface area contributed by atoms with Crippen molar-refractivity contribution in [2.45, 2.75) is 19.9 Å². The topological polar surface area (TPSA) is 55.1 Å². The number of benzene rings is 2. The number of aryl methyl sites for hydroxylation is 1. The molecule has 21 heavy (non-hydrogen) atoms. The largest absolute Gasteiger partial charge is 0.366 e. The Morgan fingerprint density at radius 3 is 2.71 bits per heavy atom. The highest BCUT2D eigenvalue weighted by molar-refractivity contribution is 5.92. The van der Waals surface area contributed by atoms with Crippen LogP contribution in [-0.2, 0) is 13.0 Å². The zero-order valence-corrected chi connectivity index (χ0v) is 12.0. The van der Waals surface area contributed by atoms with Crippen molar-refractivity contribution in [2.75, 3.05) is 6.54 Å². The minimum Gasteiger partial charge on any atom is -0.366 e. The molecule has 2 aromatic rings. The fourth-order valence-corrected chi connectivity index (χ4v) is 2.17. The summed E-state index contributed by atoms with van der Waals surface area (Å²) in [5.74, 6) is -1.03. The van der Waals surface area contributed by atoms with Gasteiger partial charge in [0.1, 0.15) is 5.82 Å². The van der Waals surface area contributed by atoms with Gasteiger partial charge in [0.25, 0.3) is 0 Å². The number of carbonyl (C=O) groups is 1. The summed E-state index contributed by atoms with van der Waals surface area (Å²) in [5.41, 5.74) is 8.33. The molecule has 1 amide bonds. The quantitative estimate of drug-likeness (QED) is 0.802. The lowest BCUT2D eigenvalue weighted by Gasteiger charge is -2.07. The maximum Gasteiger partial charge on any atom is 0.248 e. The maximum atomic E-state index is 13.8. The lowest BCUT2D eigenvalue weighted by Crippen LogP contribution is -2.18. The molecule has 0 atom stereocenters. The second kappa shape index (κ2) is 6.99. The van der Waals surface area contributed by atoms with Crippen LogP contribution in [0.3, 0.4) is 0 Å². The summed E-state index contributed by atoms with van der Waals surface area (Å²) in [6, 6.07) is 12.6. The standard InChI is InChI=1S/C17H19FN2O/c1-12-3-2-4-13(9-12)7-8-20-11-15-6-5-14(17(19)21)10-16(15)18/h2-6,9-10,20H,7-8,11H2,1H3,(H2,19,21). The summed E-state index contributed by atoms with van der Waals surface area (Å²) in [6.07, 6.45) is 0.892. The zero-order valence-electron chi connectivity index (χ0n) is 12.0. The summed E-state index contributed by atoms with van der Waals surface area (Å²) in [5, 5.41) is 3.20. The maximum absolute atomic E-state index is 13.8. The highest BCUT2D eigenvalue weighted by Crippen LogP contribution is 2.10. The average Bonchev–Trinajstić information content (AvgIpc) is 2.45. The molecule has 0 fully saturated rings. The Hall–Kier alpha value is -2.20. The van der Waals surface area contributed by atoms with Gasteiger partial charge in [0.05, 0.1) is 0 Å². The number of hydrogen-bond donors (Lipinski definition) is 2. The Morgan fingerprint density at radius 1 is 1.24 bits per heavy atom. The van der Waals surface area contributed by atoms with E-state index in [1.807, 2.05) is 6.07 Å². The van der Waals surface area contributed by atoms with Crippen molar-refractivity contribution >= 4 is 5.91 Å². The van der Waals surface area contributed by atoms with Crippen molar-refractivity contribution in [1.29, 1.82) is 0 Å². The number of rotatable bonds is 6. The van der Waals surface area contributed by atoms with Crippen LogP contribution in [0.1, 0.15) is 27.0 Å². The molecule has 0 aliphatic rings. The Bertz CT molecular complexity index is 640. The SMILES string of the molecule is Cc1cccc(CCNCc2ccc(C(N)=O)cc2F)c1. The van der Waals surface area contributed by atoms with E-state index in [1.54, 1.807) is 12.1 Å². The molecule has 0 saturated heterocycles. The van der Waals surface area contributed by atoms with Gasteiger partial charge in [-0.1, -0.05) is 35.9 Å². The van der Waals surface area contributed by atoms with Crippen LogP contribution in [0.2, 0.25) is 0 Å². The molecule has 0 aliphatic heterocycles. The molecule has 3 N–H and O–H groups in total. The van der Waals surface area contributed by atoms with E-state index >= 15 is 0 Å². The van der Waals surface area contributed by atoms with E-state index < -0.39 is 11.7 Å². The minimum atomic E-state index is -0.618. The third-order valence-corrected chi connectivity index (χ3v) is 3.33. The predicted octanol–water partition coefficient (Wildman–Crippen LogP) is 2.57. The van der Waals surface area contributed by atoms with E-state index in [0.717, 1.165) is 13.0 Å². The first kappa shape index (κ1) is 15.2. The molecule has 0 unspecified atom stereocenters. The molecule has 0 aromatic heterocycles. The van der Waals surface area contributed by atoms with Crippen LogP contribution >= 0.6 is 0 Å². The van der Waals surface area contributed by atoms with E-state index in [0.29, 0.717) is 12.1 Å². The van der Waals surface area contributed by atoms with Crippen molar-refractivity contribution < 1.29 is 9.18 Å². The molecule has 4 heteroatoms. The number of nitrogens with one attached hydrogen (secondary N) is 1. The van der Waals surface area contributed by atoms with Gasteiger partial charge in [-0.15, -0.1) is 0 Å². The van der Waals surface area contributed by atoms with Gasteiger partial charge in [0, 0.05) is 17.7 Å². The van der Waals surface area contributed by atoms with Crippen LogP contribution in [-0.4, -0.2) is 12.5 Å². The van der Waals surface area contributed by atoms with Gasteiger partial charge in [0.15, 0.2) is 0 Å². The first-order valence-corrected chi connectivity index (χ1v) is 6.91. The van der Waals surface area contributed by atoms with Crippen LogP contribution in [0.4, 0.5) is 4.39 Å². The molecular weight excluding hydrogens is 267 g/mol. The van der Waals surface area contributed by atoms with Crippen LogP contribution in [0.15, 0.2) is 42.5 Å². The molecule has 0 saturated carbocycles. The van der Waals surface area contributed by atoms with Crippen molar-refractivity contribution in [3.05, 3.63) is 70.5 Å². The second-order valence-electron chi connectivity index (χ2n) is 5.09. The fourth-order valence-electron chi connectivity index (χ4n) is 2.17. The van der Waals surface area contributed by atoms with Crippen LogP contribution in [0.5, 0.6) is 0 Å². The third kappa shape index (κ3) is 4.39. The molecule has 0 bridgehead atoms. The normalized spacial score (nSPS) is 10.6. The summed E-state index contributed by atoms with van der Waals surface area (Å²) >= 11 is 0. The lowest BCUT2D eigenvalue weighted by atomic mass is 10.1. The average molecular weight is 286 g/mol. The zero-order chi connectivity index (χ0) is 15.2. The van der Waals surface area contributed by atoms with Gasteiger partial charge in [-0.2, -0.15) is 0 Å². The van der Waals surface area contributed by atoms with E-state index in [2.05, 4.69) is 30.4 Å². The Kier molecular flexibility index (Phi) is 5.06. The molecule has 0 heterocycles. The van der Waals surface area contributed by atoms with Gasteiger partial charge in [-0.05, 0) is 37.6 Å². The van der Waals surface area contributed by atoms with E-state index in [4.69, 9.17) is 5.73 Å². The summed E-state index contributed by atoms with van der Waals surface area (Å²) in [4.78, 5) is 10.9. The lowest BCUT2D eigenvalue weighted by molar-refractivity contribution is 0.1000. The number of carbonyl (C=O) groups excluding carboxylic acids is 1. The summed E-state index contributed by atoms with van der Waals surface area (Å²) in [7, 11) is 0. The van der Waals surface area contributed by atoms with Crippen LogP contribution < -0.4 is 11.1 Å². The Morgan fingerprint density at radius 2 is 2.05 bits per heavy atom. The first-order chi connectivity index (χ1) is 10.1. The molecule has 3 nitrogen and oxygen atoms in total. The van der Waals surface area contributed by atoms with E-state index in [-0.39, 0.29) is 5.56 Å². The monoisotopic (exact) mass is 286 g/mol. The van der Waals surface area contributed by atoms with Gasteiger partial charge >= 0.3 is 0 Å². The number of nitrogens with two attached hydrogens (primary N) is 1. The number of hydrogen-bond acceptors (Lipinski definition) is 2.